The molecule has 1 amide bonds. The van der Waals surface area contributed by atoms with Gasteiger partial charge in [0, 0.05) is 44.3 Å². The van der Waals surface area contributed by atoms with E-state index in [-0.39, 0.29) is 23.0 Å². The summed E-state index contributed by atoms with van der Waals surface area (Å²) in [6, 6.07) is 17.4. The van der Waals surface area contributed by atoms with Gasteiger partial charge in [-0.3, -0.25) is 4.79 Å². The fraction of sp³-hybridized carbons (Fsp3) is 0.536. The Hall–Kier alpha value is -2.37. The van der Waals surface area contributed by atoms with Gasteiger partial charge in [0.2, 0.25) is 0 Å². The van der Waals surface area contributed by atoms with Crippen LogP contribution in [0.2, 0.25) is 0 Å². The molecule has 2 saturated carbocycles. The predicted octanol–water partition coefficient (Wildman–Crippen LogP) is 4.46. The number of aromatic hydroxyl groups is 1. The van der Waals surface area contributed by atoms with E-state index in [0.717, 1.165) is 62.4 Å². The van der Waals surface area contributed by atoms with Crippen molar-refractivity contribution < 1.29 is 14.6 Å². The molecule has 5 rings (SSSR count). The van der Waals surface area contributed by atoms with E-state index in [9.17, 15) is 9.90 Å². The highest BCUT2D eigenvalue weighted by Crippen LogP contribution is 2.54. The molecule has 5 heteroatoms. The monoisotopic (exact) mass is 448 g/mol. The van der Waals surface area contributed by atoms with Crippen LogP contribution in [-0.2, 0) is 10.2 Å². The van der Waals surface area contributed by atoms with Gasteiger partial charge in [-0.25, -0.2) is 0 Å². The molecule has 3 fully saturated rings. The molecule has 3 atom stereocenters. The summed E-state index contributed by atoms with van der Waals surface area (Å²) in [4.78, 5) is 17.8. The zero-order valence-electron chi connectivity index (χ0n) is 19.9. The smallest absolute Gasteiger partial charge is 0.253 e. The van der Waals surface area contributed by atoms with Crippen LogP contribution in [0.5, 0.6) is 5.75 Å². The highest BCUT2D eigenvalue weighted by Gasteiger charge is 2.59. The summed E-state index contributed by atoms with van der Waals surface area (Å²) in [5.74, 6) is 1.21. The molecule has 33 heavy (non-hydrogen) atoms. The molecule has 5 nitrogen and oxygen atoms in total. The van der Waals surface area contributed by atoms with Crippen LogP contribution in [0.1, 0.15) is 54.4 Å². The summed E-state index contributed by atoms with van der Waals surface area (Å²) in [5, 5.41) is 10.4. The standard InChI is InChI=1S/C28H36N2O3/c1-29(26(32)22-7-4-3-5-8-22)24-13-14-28(33-2)20-30(19-21-11-12-21)16-15-27(28,18-24)23-9-6-10-25(31)17-23/h3-10,17,21,24,31H,11-16,18-20H2,1-2H3/t24-,27?,28?/m0/s1. The zero-order chi connectivity index (χ0) is 23.1. The number of phenols is 1. The number of nitrogens with zero attached hydrogens (tertiary/aromatic N) is 2. The number of likely N-dealkylation sites (tertiary alicyclic amines) is 1. The Bertz CT molecular complexity index is 992. The minimum Gasteiger partial charge on any atom is -0.508 e. The summed E-state index contributed by atoms with van der Waals surface area (Å²) < 4.78 is 6.46. The number of piperidine rings is 1. The zero-order valence-corrected chi connectivity index (χ0v) is 19.9. The first-order valence-electron chi connectivity index (χ1n) is 12.4. The number of phenolic OH excluding ortho intramolecular Hbond substituents is 1. The Balaban J connectivity index is 1.48. The van der Waals surface area contributed by atoms with Gasteiger partial charge in [-0.15, -0.1) is 0 Å². The van der Waals surface area contributed by atoms with E-state index in [2.05, 4.69) is 11.0 Å². The lowest BCUT2D eigenvalue weighted by Crippen LogP contribution is -2.68. The molecule has 1 saturated heterocycles. The number of benzene rings is 2. The van der Waals surface area contributed by atoms with Crippen molar-refractivity contribution in [2.45, 2.75) is 55.6 Å². The van der Waals surface area contributed by atoms with Crippen molar-refractivity contribution in [1.82, 2.24) is 9.80 Å². The van der Waals surface area contributed by atoms with Crippen LogP contribution >= 0.6 is 0 Å². The number of fused-ring (bicyclic) bond motifs is 1. The molecule has 2 aromatic rings. The molecule has 1 aliphatic heterocycles. The predicted molar refractivity (Wildman–Crippen MR) is 129 cm³/mol. The molecule has 0 radical (unpaired) electrons. The first-order chi connectivity index (χ1) is 16.0. The number of hydrogen-bond donors (Lipinski definition) is 1. The third-order valence-electron chi connectivity index (χ3n) is 8.56. The van der Waals surface area contributed by atoms with Crippen molar-refractivity contribution in [3.05, 3.63) is 65.7 Å². The molecule has 1 heterocycles. The molecule has 2 aromatic carbocycles. The summed E-state index contributed by atoms with van der Waals surface area (Å²) in [7, 11) is 3.80. The van der Waals surface area contributed by atoms with Gasteiger partial charge in [0.1, 0.15) is 5.75 Å². The molecule has 0 spiro atoms. The Morgan fingerprint density at radius 3 is 2.61 bits per heavy atom. The van der Waals surface area contributed by atoms with E-state index in [1.165, 1.54) is 12.8 Å². The van der Waals surface area contributed by atoms with Crippen LogP contribution in [-0.4, -0.2) is 66.2 Å². The average Bonchev–Trinajstić information content (AvgIpc) is 3.67. The summed E-state index contributed by atoms with van der Waals surface area (Å²) in [6.07, 6.45) is 6.33. The van der Waals surface area contributed by atoms with Gasteiger partial charge in [0.25, 0.3) is 5.91 Å². The third-order valence-corrected chi connectivity index (χ3v) is 8.56. The molecule has 0 bridgehead atoms. The van der Waals surface area contributed by atoms with E-state index in [4.69, 9.17) is 4.74 Å². The van der Waals surface area contributed by atoms with Crippen LogP contribution < -0.4 is 0 Å². The number of methoxy groups -OCH3 is 1. The van der Waals surface area contributed by atoms with Crippen molar-refractivity contribution in [3.8, 4) is 5.75 Å². The van der Waals surface area contributed by atoms with E-state index >= 15 is 0 Å². The van der Waals surface area contributed by atoms with Crippen LogP contribution in [0.4, 0.5) is 0 Å². The lowest BCUT2D eigenvalue weighted by atomic mass is 9.55. The number of hydrogen-bond acceptors (Lipinski definition) is 4. The second-order valence-electron chi connectivity index (χ2n) is 10.4. The quantitative estimate of drug-likeness (QED) is 0.709. The van der Waals surface area contributed by atoms with Crippen molar-refractivity contribution in [2.75, 3.05) is 33.8 Å². The van der Waals surface area contributed by atoms with Crippen molar-refractivity contribution in [1.29, 1.82) is 0 Å². The largest absolute Gasteiger partial charge is 0.508 e. The van der Waals surface area contributed by atoms with Gasteiger partial charge >= 0.3 is 0 Å². The number of amides is 1. The molecule has 2 aliphatic carbocycles. The molecule has 3 aliphatic rings. The van der Waals surface area contributed by atoms with Crippen LogP contribution in [0.25, 0.3) is 0 Å². The topological polar surface area (TPSA) is 53.0 Å². The number of carbonyl (C=O) groups is 1. The van der Waals surface area contributed by atoms with E-state index in [1.54, 1.807) is 6.07 Å². The summed E-state index contributed by atoms with van der Waals surface area (Å²) >= 11 is 0. The fourth-order valence-corrected chi connectivity index (χ4v) is 6.47. The van der Waals surface area contributed by atoms with Crippen molar-refractivity contribution >= 4 is 5.91 Å². The van der Waals surface area contributed by atoms with Gasteiger partial charge in [0.15, 0.2) is 0 Å². The number of carbonyl (C=O) groups excluding carboxylic acids is 1. The van der Waals surface area contributed by atoms with Gasteiger partial charge in [0.05, 0.1) is 5.60 Å². The summed E-state index contributed by atoms with van der Waals surface area (Å²) in [6.45, 7) is 3.11. The Labute approximate surface area is 197 Å². The molecule has 0 aromatic heterocycles. The maximum Gasteiger partial charge on any atom is 0.253 e. The second-order valence-corrected chi connectivity index (χ2v) is 10.4. The molecule has 1 N–H and O–H groups in total. The maximum atomic E-state index is 13.3. The lowest BCUT2D eigenvalue weighted by Gasteiger charge is -2.60. The molecule has 2 unspecified atom stereocenters. The maximum absolute atomic E-state index is 13.3. The first kappa shape index (κ1) is 22.4. The van der Waals surface area contributed by atoms with Gasteiger partial charge < -0.3 is 19.6 Å². The SMILES string of the molecule is COC12CC[C@H](N(C)C(=O)c3ccccc3)CC1(c1cccc(O)c1)CCN(CC1CC1)C2. The van der Waals surface area contributed by atoms with Crippen LogP contribution in [0.3, 0.4) is 0 Å². The molecular formula is C28H36N2O3. The minimum absolute atomic E-state index is 0.0720. The second kappa shape index (κ2) is 8.77. The Morgan fingerprint density at radius 1 is 1.12 bits per heavy atom. The lowest BCUT2D eigenvalue weighted by molar-refractivity contribution is -0.153. The fourth-order valence-electron chi connectivity index (χ4n) is 6.47. The normalized spacial score (nSPS) is 29.9. The van der Waals surface area contributed by atoms with E-state index in [0.29, 0.717) is 5.75 Å². The number of ether oxygens (including phenoxy) is 1. The molecule has 176 valence electrons. The average molecular weight is 449 g/mol. The van der Waals surface area contributed by atoms with Gasteiger partial charge in [-0.2, -0.15) is 0 Å². The third kappa shape index (κ3) is 4.06. The first-order valence-corrected chi connectivity index (χ1v) is 12.4. The van der Waals surface area contributed by atoms with E-state index < -0.39 is 0 Å². The Kier molecular flexibility index (Phi) is 5.96. The summed E-state index contributed by atoms with van der Waals surface area (Å²) in [5.41, 5.74) is 1.31. The van der Waals surface area contributed by atoms with Crippen LogP contribution in [0.15, 0.2) is 54.6 Å². The van der Waals surface area contributed by atoms with Crippen LogP contribution in [0, 0.1) is 5.92 Å². The minimum atomic E-state index is -0.318. The van der Waals surface area contributed by atoms with E-state index in [1.807, 2.05) is 61.5 Å². The van der Waals surface area contributed by atoms with Crippen molar-refractivity contribution in [3.63, 3.8) is 0 Å². The van der Waals surface area contributed by atoms with Gasteiger partial charge in [-0.05, 0) is 80.8 Å². The number of rotatable bonds is 6. The highest BCUT2D eigenvalue weighted by molar-refractivity contribution is 5.94. The molecular weight excluding hydrogens is 412 g/mol. The van der Waals surface area contributed by atoms with Crippen molar-refractivity contribution in [2.24, 2.45) is 5.92 Å². The Morgan fingerprint density at radius 2 is 1.91 bits per heavy atom. The highest BCUT2D eigenvalue weighted by atomic mass is 16.5. The van der Waals surface area contributed by atoms with Gasteiger partial charge in [-0.1, -0.05) is 30.3 Å².